The van der Waals surface area contributed by atoms with Gasteiger partial charge < -0.3 is 14.3 Å². The second-order valence-electron chi connectivity index (χ2n) is 8.09. The van der Waals surface area contributed by atoms with Crippen molar-refractivity contribution in [1.29, 1.82) is 0 Å². The normalized spacial score (nSPS) is 15.2. The molecule has 33 heavy (non-hydrogen) atoms. The van der Waals surface area contributed by atoms with Crippen LogP contribution in [0.4, 0.5) is 5.69 Å². The van der Waals surface area contributed by atoms with E-state index < -0.39 is 11.9 Å². The zero-order valence-electron chi connectivity index (χ0n) is 18.2. The molecule has 0 spiro atoms. The van der Waals surface area contributed by atoms with Gasteiger partial charge in [-0.3, -0.25) is 14.5 Å². The lowest BCUT2D eigenvalue weighted by Crippen LogP contribution is -2.29. The fourth-order valence-corrected chi connectivity index (χ4v) is 4.44. The first-order valence-electron chi connectivity index (χ1n) is 10.3. The van der Waals surface area contributed by atoms with E-state index in [4.69, 9.17) is 20.8 Å². The van der Waals surface area contributed by atoms with Gasteiger partial charge in [0.1, 0.15) is 5.58 Å². The third kappa shape index (κ3) is 3.26. The Hall–Kier alpha value is -3.77. The second-order valence-corrected chi connectivity index (χ2v) is 8.53. The second kappa shape index (κ2) is 7.67. The number of methoxy groups -OCH3 is 1. The highest BCUT2D eigenvalue weighted by Gasteiger charge is 2.44. The van der Waals surface area contributed by atoms with Crippen LogP contribution >= 0.6 is 11.6 Å². The molecule has 1 aliphatic heterocycles. The van der Waals surface area contributed by atoms with Crippen LogP contribution in [0.3, 0.4) is 0 Å². The van der Waals surface area contributed by atoms with E-state index in [1.807, 2.05) is 32.0 Å². The molecule has 3 aromatic carbocycles. The van der Waals surface area contributed by atoms with Crippen molar-refractivity contribution < 1.29 is 19.1 Å². The maximum absolute atomic E-state index is 13.6. The van der Waals surface area contributed by atoms with Crippen LogP contribution in [0.15, 0.2) is 63.8 Å². The van der Waals surface area contributed by atoms with Crippen LogP contribution in [0, 0.1) is 13.8 Å². The predicted octanol–water partition coefficient (Wildman–Crippen LogP) is 5.53. The topological polar surface area (TPSA) is 80.0 Å². The van der Waals surface area contributed by atoms with E-state index in [1.165, 1.54) is 13.2 Å². The van der Waals surface area contributed by atoms with Crippen LogP contribution in [0.5, 0.6) is 11.5 Å². The fourth-order valence-electron chi connectivity index (χ4n) is 4.27. The zero-order chi connectivity index (χ0) is 23.4. The molecule has 1 atom stereocenters. The Kier molecular flexibility index (Phi) is 4.91. The maximum Gasteiger partial charge on any atom is 0.295 e. The van der Waals surface area contributed by atoms with Gasteiger partial charge in [-0.1, -0.05) is 23.7 Å². The van der Waals surface area contributed by atoms with E-state index in [9.17, 15) is 14.7 Å². The minimum Gasteiger partial charge on any atom is -0.504 e. The largest absolute Gasteiger partial charge is 0.504 e. The Bertz CT molecular complexity index is 1510. The van der Waals surface area contributed by atoms with Crippen molar-refractivity contribution in [2.24, 2.45) is 0 Å². The van der Waals surface area contributed by atoms with E-state index >= 15 is 0 Å². The number of rotatable bonds is 3. The molecule has 166 valence electrons. The molecule has 1 N–H and O–H groups in total. The number of ether oxygens (including phenoxy) is 1. The molecule has 0 bridgehead atoms. The molecule has 0 aliphatic carbocycles. The van der Waals surface area contributed by atoms with Gasteiger partial charge in [-0.05, 0) is 73.0 Å². The molecule has 1 amide bonds. The van der Waals surface area contributed by atoms with E-state index in [-0.39, 0.29) is 28.3 Å². The number of carbonyl (C=O) groups is 1. The Morgan fingerprint density at radius 1 is 1.00 bits per heavy atom. The van der Waals surface area contributed by atoms with Gasteiger partial charge in [0.25, 0.3) is 5.91 Å². The van der Waals surface area contributed by atoms with Crippen molar-refractivity contribution in [2.45, 2.75) is 19.9 Å². The molecular formula is C26H20ClNO5. The minimum atomic E-state index is -0.774. The van der Waals surface area contributed by atoms with E-state index in [0.717, 1.165) is 11.1 Å². The van der Waals surface area contributed by atoms with Gasteiger partial charge in [0, 0.05) is 10.7 Å². The summed E-state index contributed by atoms with van der Waals surface area (Å²) in [6, 6.07) is 14.4. The number of phenolic OH excluding ortho intramolecular Hbond substituents is 1. The van der Waals surface area contributed by atoms with Crippen molar-refractivity contribution >= 4 is 34.2 Å². The summed E-state index contributed by atoms with van der Waals surface area (Å²) < 4.78 is 11.2. The molecule has 1 unspecified atom stereocenters. The standard InChI is InChI=1S/C26H20ClNO5/c1-13-4-7-17(10-14(13)2)28-23(15-5-8-19(29)21(11-15)32-3)22-24(30)18-12-16(27)6-9-20(18)33-25(22)26(28)31/h4-12,23,29H,1-3H3. The third-order valence-corrected chi connectivity index (χ3v) is 6.36. The number of halogens is 1. The highest BCUT2D eigenvalue weighted by molar-refractivity contribution is 6.31. The number of fused-ring (bicyclic) bond motifs is 2. The lowest BCUT2D eigenvalue weighted by Gasteiger charge is -2.26. The number of amides is 1. The van der Waals surface area contributed by atoms with Gasteiger partial charge in [-0.25, -0.2) is 0 Å². The van der Waals surface area contributed by atoms with E-state index in [2.05, 4.69) is 0 Å². The van der Waals surface area contributed by atoms with Gasteiger partial charge in [-0.15, -0.1) is 0 Å². The van der Waals surface area contributed by atoms with Crippen molar-refractivity contribution in [3.63, 3.8) is 0 Å². The summed E-state index contributed by atoms with van der Waals surface area (Å²) in [5.41, 5.74) is 3.51. The van der Waals surface area contributed by atoms with Crippen LogP contribution < -0.4 is 15.1 Å². The zero-order valence-corrected chi connectivity index (χ0v) is 18.9. The third-order valence-electron chi connectivity index (χ3n) is 6.12. The highest BCUT2D eigenvalue weighted by atomic mass is 35.5. The monoisotopic (exact) mass is 461 g/mol. The Balaban J connectivity index is 1.83. The Morgan fingerprint density at radius 2 is 1.79 bits per heavy atom. The summed E-state index contributed by atoms with van der Waals surface area (Å²) in [6.45, 7) is 3.95. The molecular weight excluding hydrogens is 442 g/mol. The summed E-state index contributed by atoms with van der Waals surface area (Å²) in [7, 11) is 1.44. The van der Waals surface area contributed by atoms with Crippen LogP contribution in [-0.4, -0.2) is 18.1 Å². The summed E-state index contributed by atoms with van der Waals surface area (Å²) in [6.07, 6.45) is 0. The van der Waals surface area contributed by atoms with E-state index in [1.54, 1.807) is 35.2 Å². The summed E-state index contributed by atoms with van der Waals surface area (Å²) in [5.74, 6) is -0.230. The molecule has 1 aromatic heterocycles. The molecule has 5 rings (SSSR count). The number of benzene rings is 3. The molecule has 2 heterocycles. The molecule has 4 aromatic rings. The molecule has 0 fully saturated rings. The lowest BCUT2D eigenvalue weighted by molar-refractivity contribution is 0.0971. The molecule has 0 radical (unpaired) electrons. The SMILES string of the molecule is COc1cc(C2c3c(oc4ccc(Cl)cc4c3=O)C(=O)N2c2ccc(C)c(C)c2)ccc1O. The number of hydrogen-bond donors (Lipinski definition) is 1. The van der Waals surface area contributed by atoms with Crippen LogP contribution in [-0.2, 0) is 0 Å². The Labute approximate surface area is 194 Å². The molecule has 7 heteroatoms. The van der Waals surface area contributed by atoms with Crippen LogP contribution in [0.2, 0.25) is 5.02 Å². The number of aryl methyl sites for hydroxylation is 2. The van der Waals surface area contributed by atoms with Gasteiger partial charge in [-0.2, -0.15) is 0 Å². The van der Waals surface area contributed by atoms with Crippen LogP contribution in [0.25, 0.3) is 11.0 Å². The number of hydrogen-bond acceptors (Lipinski definition) is 5. The molecule has 1 aliphatic rings. The summed E-state index contributed by atoms with van der Waals surface area (Å²) >= 11 is 6.14. The number of aromatic hydroxyl groups is 1. The van der Waals surface area contributed by atoms with Gasteiger partial charge in [0.15, 0.2) is 16.9 Å². The molecule has 0 saturated heterocycles. The lowest BCUT2D eigenvalue weighted by atomic mass is 9.97. The smallest absolute Gasteiger partial charge is 0.295 e. The first-order chi connectivity index (χ1) is 15.8. The van der Waals surface area contributed by atoms with Crippen LogP contribution in [0.1, 0.15) is 38.9 Å². The first kappa shape index (κ1) is 21.1. The van der Waals surface area contributed by atoms with Gasteiger partial charge >= 0.3 is 0 Å². The number of anilines is 1. The van der Waals surface area contributed by atoms with Crippen molar-refractivity contribution in [3.8, 4) is 11.5 Å². The Morgan fingerprint density at radius 3 is 2.52 bits per heavy atom. The molecule has 6 nitrogen and oxygen atoms in total. The number of phenols is 1. The fraction of sp³-hybridized carbons (Fsp3) is 0.154. The maximum atomic E-state index is 13.6. The van der Waals surface area contributed by atoms with Crippen molar-refractivity contribution in [3.05, 3.63) is 97.9 Å². The average Bonchev–Trinajstić information content (AvgIpc) is 3.09. The average molecular weight is 462 g/mol. The van der Waals surface area contributed by atoms with Gasteiger partial charge in [0.2, 0.25) is 5.76 Å². The van der Waals surface area contributed by atoms with Crippen molar-refractivity contribution in [1.82, 2.24) is 0 Å². The predicted molar refractivity (Wildman–Crippen MR) is 127 cm³/mol. The molecule has 0 saturated carbocycles. The first-order valence-corrected chi connectivity index (χ1v) is 10.7. The quantitative estimate of drug-likeness (QED) is 0.434. The number of nitrogens with zero attached hydrogens (tertiary/aromatic N) is 1. The highest BCUT2D eigenvalue weighted by Crippen LogP contribution is 2.43. The minimum absolute atomic E-state index is 0.00917. The van der Waals surface area contributed by atoms with E-state index in [0.29, 0.717) is 27.2 Å². The summed E-state index contributed by atoms with van der Waals surface area (Å²) in [5, 5.41) is 10.8. The summed E-state index contributed by atoms with van der Waals surface area (Å²) in [4.78, 5) is 28.8. The van der Waals surface area contributed by atoms with Gasteiger partial charge in [0.05, 0.1) is 24.1 Å². The van der Waals surface area contributed by atoms with Crippen molar-refractivity contribution in [2.75, 3.05) is 12.0 Å². The number of carbonyl (C=O) groups excluding carboxylic acids is 1.